The molecule has 0 bridgehead atoms. The zero-order valence-corrected chi connectivity index (χ0v) is 19.2. The summed E-state index contributed by atoms with van der Waals surface area (Å²) in [6.45, 7) is 3.52. The predicted molar refractivity (Wildman–Crippen MR) is 128 cm³/mol. The molecule has 0 saturated heterocycles. The normalized spacial score (nSPS) is 13.1. The van der Waals surface area contributed by atoms with E-state index in [1.807, 2.05) is 19.1 Å². The lowest BCUT2D eigenvalue weighted by atomic mass is 10.1. The van der Waals surface area contributed by atoms with Crippen LogP contribution in [0.2, 0.25) is 0 Å². The maximum atomic E-state index is 12.7. The highest BCUT2D eigenvalue weighted by Crippen LogP contribution is 2.24. The third kappa shape index (κ3) is 5.52. The van der Waals surface area contributed by atoms with Crippen LogP contribution in [-0.2, 0) is 20.7 Å². The van der Waals surface area contributed by atoms with Gasteiger partial charge in [-0.25, -0.2) is 14.5 Å². The Hall–Kier alpha value is -4.53. The van der Waals surface area contributed by atoms with Gasteiger partial charge in [-0.05, 0) is 50.2 Å². The monoisotopic (exact) mass is 473 g/mol. The van der Waals surface area contributed by atoms with Crippen molar-refractivity contribution in [2.45, 2.75) is 20.3 Å². The average Bonchev–Trinajstić information content (AvgIpc) is 3.41. The first-order valence-corrected chi connectivity index (χ1v) is 11.0. The number of aryl methyl sites for hydroxylation is 1. The fourth-order valence-electron chi connectivity index (χ4n) is 3.48. The van der Waals surface area contributed by atoms with E-state index in [1.54, 1.807) is 55.5 Å². The molecular weight excluding hydrogens is 450 g/mol. The Morgan fingerprint density at radius 1 is 1.00 bits per heavy atom. The topological polar surface area (TPSA) is 118 Å². The summed E-state index contributed by atoms with van der Waals surface area (Å²) in [5.74, 6) is -0.578. The maximum Gasteiger partial charge on any atom is 0.351 e. The molecule has 178 valence electrons. The molecule has 0 radical (unpaired) electrons. The summed E-state index contributed by atoms with van der Waals surface area (Å²) in [7, 11) is 0. The molecule has 1 aromatic heterocycles. The van der Waals surface area contributed by atoms with Gasteiger partial charge in [-0.1, -0.05) is 29.8 Å². The number of nitrogens with one attached hydrogen (secondary N) is 1. The van der Waals surface area contributed by atoms with Crippen molar-refractivity contribution in [2.75, 3.05) is 18.5 Å². The molecule has 0 saturated carbocycles. The zero-order chi connectivity index (χ0) is 24.9. The number of imide groups is 1. The average molecular weight is 473 g/mol. The van der Waals surface area contributed by atoms with Crippen molar-refractivity contribution in [3.8, 4) is 11.3 Å². The Kier molecular flexibility index (Phi) is 6.86. The second-order valence-electron chi connectivity index (χ2n) is 7.89. The van der Waals surface area contributed by atoms with Gasteiger partial charge in [0.05, 0.1) is 18.6 Å². The van der Waals surface area contributed by atoms with Crippen LogP contribution in [0.5, 0.6) is 0 Å². The number of nitrogens with zero attached hydrogens (tertiary/aromatic N) is 2. The van der Waals surface area contributed by atoms with E-state index in [-0.39, 0.29) is 12.1 Å². The largest absolute Gasteiger partial charge is 0.462 e. The number of aliphatic imine (C=N–C) groups is 1. The van der Waals surface area contributed by atoms with Gasteiger partial charge in [-0.3, -0.25) is 9.59 Å². The minimum atomic E-state index is -0.787. The van der Waals surface area contributed by atoms with Crippen molar-refractivity contribution in [1.82, 2.24) is 4.90 Å². The Labute approximate surface area is 201 Å². The first kappa shape index (κ1) is 23.6. The number of carbonyl (C=O) groups excluding carboxylic acids is 4. The molecule has 3 aromatic rings. The molecule has 9 heteroatoms. The molecule has 4 amide bonds. The van der Waals surface area contributed by atoms with Gasteiger partial charge in [0, 0.05) is 11.3 Å². The van der Waals surface area contributed by atoms with Gasteiger partial charge >= 0.3 is 12.0 Å². The van der Waals surface area contributed by atoms with E-state index in [2.05, 4.69) is 10.3 Å². The lowest BCUT2D eigenvalue weighted by Crippen LogP contribution is -2.39. The van der Waals surface area contributed by atoms with Crippen LogP contribution in [0.4, 0.5) is 10.5 Å². The molecule has 1 N–H and O–H groups in total. The highest BCUT2D eigenvalue weighted by molar-refractivity contribution is 6.46. The van der Waals surface area contributed by atoms with Gasteiger partial charge < -0.3 is 14.5 Å². The number of anilines is 1. The number of furan rings is 1. The Morgan fingerprint density at radius 2 is 1.71 bits per heavy atom. The van der Waals surface area contributed by atoms with Crippen LogP contribution in [-0.4, -0.2) is 47.6 Å². The lowest BCUT2D eigenvalue weighted by Gasteiger charge is -2.13. The number of rotatable bonds is 8. The van der Waals surface area contributed by atoms with E-state index in [0.717, 1.165) is 16.0 Å². The van der Waals surface area contributed by atoms with Crippen LogP contribution in [0.15, 0.2) is 70.1 Å². The second-order valence-corrected chi connectivity index (χ2v) is 7.89. The highest BCUT2D eigenvalue weighted by atomic mass is 16.5. The lowest BCUT2D eigenvalue weighted by molar-refractivity contribution is -0.125. The second kappa shape index (κ2) is 10.2. The number of ether oxygens (including phenoxy) is 1. The summed E-state index contributed by atoms with van der Waals surface area (Å²) < 4.78 is 10.8. The highest BCUT2D eigenvalue weighted by Gasteiger charge is 2.34. The fraction of sp³-hybridized carbons (Fsp3) is 0.192. The van der Waals surface area contributed by atoms with E-state index in [0.29, 0.717) is 29.4 Å². The van der Waals surface area contributed by atoms with Crippen molar-refractivity contribution >= 4 is 35.2 Å². The molecule has 1 aliphatic rings. The summed E-state index contributed by atoms with van der Waals surface area (Å²) in [6, 6.07) is 16.5. The molecule has 0 aliphatic carbocycles. The molecule has 0 atom stereocenters. The SMILES string of the molecule is CCOC(=O)c1ccc(-c2ccc(CC3=NC(=O)N(CC(=O)Nc4ccc(C)cc4)C3=O)o2)cc1. The van der Waals surface area contributed by atoms with Crippen LogP contribution in [0, 0.1) is 6.92 Å². The van der Waals surface area contributed by atoms with Crippen LogP contribution in [0.3, 0.4) is 0 Å². The zero-order valence-electron chi connectivity index (χ0n) is 19.2. The molecular formula is C26H23N3O6. The van der Waals surface area contributed by atoms with Crippen molar-refractivity contribution in [2.24, 2.45) is 4.99 Å². The van der Waals surface area contributed by atoms with Crippen molar-refractivity contribution < 1.29 is 28.3 Å². The number of hydrogen-bond donors (Lipinski definition) is 1. The van der Waals surface area contributed by atoms with Gasteiger partial charge in [0.2, 0.25) is 5.91 Å². The molecule has 0 fully saturated rings. The standard InChI is InChI=1S/C26H23N3O6/c1-3-34-25(32)18-8-6-17(7-9-18)22-13-12-20(35-22)14-21-24(31)29(26(33)28-21)15-23(30)27-19-10-4-16(2)5-11-19/h4-13H,3,14-15H2,1-2H3,(H,27,30). The summed E-state index contributed by atoms with van der Waals surface area (Å²) in [5, 5.41) is 2.66. The van der Waals surface area contributed by atoms with Gasteiger partial charge in [0.25, 0.3) is 5.91 Å². The third-order valence-electron chi connectivity index (χ3n) is 5.27. The molecule has 35 heavy (non-hydrogen) atoms. The van der Waals surface area contributed by atoms with Crippen molar-refractivity contribution in [3.05, 3.63) is 77.6 Å². The van der Waals surface area contributed by atoms with Gasteiger partial charge in [0.15, 0.2) is 0 Å². The van der Waals surface area contributed by atoms with Crippen LogP contribution in [0.1, 0.15) is 28.6 Å². The van der Waals surface area contributed by atoms with Crippen LogP contribution < -0.4 is 5.32 Å². The Morgan fingerprint density at radius 3 is 2.40 bits per heavy atom. The summed E-state index contributed by atoms with van der Waals surface area (Å²) in [5.41, 5.74) is 2.77. The van der Waals surface area contributed by atoms with Crippen LogP contribution in [0.25, 0.3) is 11.3 Å². The molecule has 0 spiro atoms. The predicted octanol–water partition coefficient (Wildman–Crippen LogP) is 4.02. The van der Waals surface area contributed by atoms with Gasteiger partial charge in [0.1, 0.15) is 23.8 Å². The molecule has 0 unspecified atom stereocenters. The Balaban J connectivity index is 1.37. The molecule has 1 aliphatic heterocycles. The molecule has 2 heterocycles. The first-order chi connectivity index (χ1) is 16.8. The maximum absolute atomic E-state index is 12.7. The fourth-order valence-corrected chi connectivity index (χ4v) is 3.48. The molecule has 9 nitrogen and oxygen atoms in total. The van der Waals surface area contributed by atoms with E-state index < -0.39 is 30.4 Å². The van der Waals surface area contributed by atoms with Crippen molar-refractivity contribution in [3.63, 3.8) is 0 Å². The smallest absolute Gasteiger partial charge is 0.351 e. The van der Waals surface area contributed by atoms with Gasteiger partial charge in [-0.2, -0.15) is 4.99 Å². The number of hydrogen-bond acceptors (Lipinski definition) is 6. The third-order valence-corrected chi connectivity index (χ3v) is 5.27. The summed E-state index contributed by atoms with van der Waals surface area (Å²) in [6.07, 6.45) is 0.00155. The number of carbonyl (C=O) groups is 4. The van der Waals surface area contributed by atoms with E-state index in [4.69, 9.17) is 9.15 Å². The Bertz CT molecular complexity index is 1310. The molecule has 2 aromatic carbocycles. The van der Waals surface area contributed by atoms with E-state index in [1.165, 1.54) is 0 Å². The minimum absolute atomic E-state index is 0.00155. The minimum Gasteiger partial charge on any atom is -0.462 e. The molecule has 4 rings (SSSR count). The van der Waals surface area contributed by atoms with E-state index in [9.17, 15) is 19.2 Å². The number of urea groups is 1. The van der Waals surface area contributed by atoms with Crippen molar-refractivity contribution in [1.29, 1.82) is 0 Å². The van der Waals surface area contributed by atoms with Gasteiger partial charge in [-0.15, -0.1) is 0 Å². The summed E-state index contributed by atoms with van der Waals surface area (Å²) in [4.78, 5) is 53.7. The quantitative estimate of drug-likeness (QED) is 0.494. The summed E-state index contributed by atoms with van der Waals surface area (Å²) >= 11 is 0. The number of benzene rings is 2. The van der Waals surface area contributed by atoms with Crippen LogP contribution >= 0.6 is 0 Å². The first-order valence-electron chi connectivity index (χ1n) is 11.0. The number of esters is 1. The van der Waals surface area contributed by atoms with E-state index >= 15 is 0 Å². The number of amides is 4.